The highest BCUT2D eigenvalue weighted by atomic mass is 16.5. The average molecular weight is 236 g/mol. The van der Waals surface area contributed by atoms with E-state index in [1.165, 1.54) is 0 Å². The number of carbonyl (C=O) groups excluding carboxylic acids is 1. The highest BCUT2D eigenvalue weighted by Gasteiger charge is 2.12. The molecule has 0 radical (unpaired) electrons. The van der Waals surface area contributed by atoms with Crippen molar-refractivity contribution in [2.24, 2.45) is 5.73 Å². The third-order valence-electron chi connectivity index (χ3n) is 2.44. The first-order chi connectivity index (χ1) is 7.93. The van der Waals surface area contributed by atoms with E-state index in [9.17, 15) is 4.79 Å². The van der Waals surface area contributed by atoms with E-state index < -0.39 is 0 Å². The first-order valence-corrected chi connectivity index (χ1v) is 5.64. The van der Waals surface area contributed by atoms with Gasteiger partial charge in [0.25, 0.3) is 0 Å². The molecule has 4 heteroatoms. The number of aryl methyl sites for hydroxylation is 2. The third kappa shape index (κ3) is 3.75. The van der Waals surface area contributed by atoms with Crippen LogP contribution >= 0.6 is 0 Å². The van der Waals surface area contributed by atoms with Crippen LogP contribution in [0.15, 0.2) is 12.1 Å². The molecule has 0 saturated heterocycles. The van der Waals surface area contributed by atoms with Crippen molar-refractivity contribution in [2.75, 3.05) is 12.4 Å². The summed E-state index contributed by atoms with van der Waals surface area (Å²) >= 11 is 0. The van der Waals surface area contributed by atoms with Gasteiger partial charge in [-0.05, 0) is 38.0 Å². The molecule has 17 heavy (non-hydrogen) atoms. The Morgan fingerprint density at radius 1 is 1.47 bits per heavy atom. The number of ether oxygens (including phenoxy) is 1. The molecule has 0 aliphatic rings. The number of hydrogen-bond acceptors (Lipinski definition) is 3. The fourth-order valence-electron chi connectivity index (χ4n) is 1.73. The summed E-state index contributed by atoms with van der Waals surface area (Å²) in [6.07, 6.45) is 0.302. The molecule has 0 fully saturated rings. The number of amides is 1. The van der Waals surface area contributed by atoms with Crippen LogP contribution in [0.3, 0.4) is 0 Å². The third-order valence-corrected chi connectivity index (χ3v) is 2.44. The molecule has 0 spiro atoms. The van der Waals surface area contributed by atoms with E-state index in [4.69, 9.17) is 10.5 Å². The van der Waals surface area contributed by atoms with Gasteiger partial charge in [-0.25, -0.2) is 0 Å². The minimum Gasteiger partial charge on any atom is -0.495 e. The smallest absolute Gasteiger partial charge is 0.226 e. The molecule has 4 nitrogen and oxygen atoms in total. The van der Waals surface area contributed by atoms with Gasteiger partial charge in [0.05, 0.1) is 12.8 Å². The van der Waals surface area contributed by atoms with Gasteiger partial charge in [0, 0.05) is 12.5 Å². The lowest BCUT2D eigenvalue weighted by Crippen LogP contribution is -2.24. The molecule has 1 amide bonds. The number of benzene rings is 1. The van der Waals surface area contributed by atoms with Crippen LogP contribution in [-0.2, 0) is 4.79 Å². The molecular weight excluding hydrogens is 216 g/mol. The number of nitrogens with two attached hydrogens (primary N) is 1. The van der Waals surface area contributed by atoms with E-state index in [1.54, 1.807) is 14.0 Å². The SMILES string of the molecule is COc1cc(C)cc(C)c1NC(=O)CC(C)N. The fourth-order valence-corrected chi connectivity index (χ4v) is 1.73. The number of anilines is 1. The molecule has 1 rings (SSSR count). The Balaban J connectivity index is 2.93. The van der Waals surface area contributed by atoms with Gasteiger partial charge in [-0.2, -0.15) is 0 Å². The van der Waals surface area contributed by atoms with Crippen molar-refractivity contribution < 1.29 is 9.53 Å². The van der Waals surface area contributed by atoms with E-state index in [-0.39, 0.29) is 11.9 Å². The monoisotopic (exact) mass is 236 g/mol. The zero-order valence-electron chi connectivity index (χ0n) is 10.8. The Bertz CT molecular complexity index is 414. The van der Waals surface area contributed by atoms with Crippen molar-refractivity contribution >= 4 is 11.6 Å². The highest BCUT2D eigenvalue weighted by Crippen LogP contribution is 2.29. The molecule has 0 saturated carbocycles. The zero-order chi connectivity index (χ0) is 13.0. The molecule has 0 heterocycles. The minimum atomic E-state index is -0.147. The Morgan fingerprint density at radius 2 is 2.12 bits per heavy atom. The van der Waals surface area contributed by atoms with Crippen molar-refractivity contribution in [3.63, 3.8) is 0 Å². The van der Waals surface area contributed by atoms with Crippen LogP contribution in [0.1, 0.15) is 24.5 Å². The van der Waals surface area contributed by atoms with Crippen LogP contribution in [0, 0.1) is 13.8 Å². The Kier molecular flexibility index (Phi) is 4.52. The topological polar surface area (TPSA) is 64.3 Å². The lowest BCUT2D eigenvalue weighted by Gasteiger charge is -2.14. The van der Waals surface area contributed by atoms with Crippen LogP contribution in [0.4, 0.5) is 5.69 Å². The maximum atomic E-state index is 11.7. The summed E-state index contributed by atoms with van der Waals surface area (Å²) in [5, 5.41) is 2.84. The molecule has 0 bridgehead atoms. The normalized spacial score (nSPS) is 12.1. The second kappa shape index (κ2) is 5.68. The zero-order valence-corrected chi connectivity index (χ0v) is 10.8. The summed E-state index contributed by atoms with van der Waals surface area (Å²) in [6, 6.07) is 3.75. The van der Waals surface area contributed by atoms with Crippen LogP contribution < -0.4 is 15.8 Å². The second-order valence-corrected chi connectivity index (χ2v) is 4.39. The van der Waals surface area contributed by atoms with Gasteiger partial charge in [0.15, 0.2) is 0 Å². The van der Waals surface area contributed by atoms with Gasteiger partial charge in [-0.1, -0.05) is 6.07 Å². The standard InChI is InChI=1S/C13H20N2O2/c1-8-5-9(2)13(11(6-8)17-4)15-12(16)7-10(3)14/h5-6,10H,7,14H2,1-4H3,(H,15,16). The Hall–Kier alpha value is -1.55. The van der Waals surface area contributed by atoms with E-state index in [2.05, 4.69) is 5.32 Å². The number of rotatable bonds is 4. The maximum absolute atomic E-state index is 11.7. The van der Waals surface area contributed by atoms with Crippen LogP contribution in [0.2, 0.25) is 0 Å². The average Bonchev–Trinajstić information content (AvgIpc) is 2.20. The van der Waals surface area contributed by atoms with Crippen molar-refractivity contribution in [3.05, 3.63) is 23.3 Å². The summed E-state index contributed by atoms with van der Waals surface area (Å²) in [6.45, 7) is 5.74. The van der Waals surface area contributed by atoms with E-state index in [1.807, 2.05) is 26.0 Å². The molecule has 1 aromatic carbocycles. The second-order valence-electron chi connectivity index (χ2n) is 4.39. The summed E-state index contributed by atoms with van der Waals surface area (Å²) in [5.74, 6) is 0.589. The molecule has 94 valence electrons. The lowest BCUT2D eigenvalue weighted by molar-refractivity contribution is -0.116. The van der Waals surface area contributed by atoms with Crippen molar-refractivity contribution in [3.8, 4) is 5.75 Å². The van der Waals surface area contributed by atoms with Crippen LogP contribution in [0.25, 0.3) is 0 Å². The first-order valence-electron chi connectivity index (χ1n) is 5.64. The molecule has 0 aromatic heterocycles. The van der Waals surface area contributed by atoms with Crippen molar-refractivity contribution in [2.45, 2.75) is 33.2 Å². The Morgan fingerprint density at radius 3 is 2.65 bits per heavy atom. The predicted molar refractivity (Wildman–Crippen MR) is 69.4 cm³/mol. The summed E-state index contributed by atoms with van der Waals surface area (Å²) in [5.41, 5.74) is 8.40. The largest absolute Gasteiger partial charge is 0.495 e. The molecular formula is C13H20N2O2. The van der Waals surface area contributed by atoms with Crippen LogP contribution in [0.5, 0.6) is 5.75 Å². The first kappa shape index (κ1) is 13.5. The van der Waals surface area contributed by atoms with Gasteiger partial charge < -0.3 is 15.8 Å². The molecule has 1 atom stereocenters. The molecule has 3 N–H and O–H groups in total. The van der Waals surface area contributed by atoms with Gasteiger partial charge >= 0.3 is 0 Å². The van der Waals surface area contributed by atoms with Gasteiger partial charge in [0.1, 0.15) is 5.75 Å². The molecule has 1 unspecified atom stereocenters. The fraction of sp³-hybridized carbons (Fsp3) is 0.462. The van der Waals surface area contributed by atoms with Crippen LogP contribution in [-0.4, -0.2) is 19.1 Å². The summed E-state index contributed by atoms with van der Waals surface area (Å²) in [7, 11) is 1.59. The number of carbonyl (C=O) groups is 1. The van der Waals surface area contributed by atoms with Crippen molar-refractivity contribution in [1.29, 1.82) is 0 Å². The summed E-state index contributed by atoms with van der Waals surface area (Å²) < 4.78 is 5.27. The maximum Gasteiger partial charge on any atom is 0.226 e. The molecule has 0 aliphatic heterocycles. The molecule has 1 aromatic rings. The van der Waals surface area contributed by atoms with Gasteiger partial charge in [-0.15, -0.1) is 0 Å². The number of nitrogens with one attached hydrogen (secondary N) is 1. The highest BCUT2D eigenvalue weighted by molar-refractivity contribution is 5.93. The number of methoxy groups -OCH3 is 1. The number of hydrogen-bond donors (Lipinski definition) is 2. The Labute approximate surface area is 102 Å². The van der Waals surface area contributed by atoms with E-state index in [0.29, 0.717) is 12.2 Å². The quantitative estimate of drug-likeness (QED) is 0.840. The van der Waals surface area contributed by atoms with Gasteiger partial charge in [0.2, 0.25) is 5.91 Å². The minimum absolute atomic E-state index is 0.0924. The van der Waals surface area contributed by atoms with E-state index >= 15 is 0 Å². The van der Waals surface area contributed by atoms with E-state index in [0.717, 1.165) is 16.8 Å². The molecule has 0 aliphatic carbocycles. The predicted octanol–water partition coefficient (Wildman–Crippen LogP) is 1.99. The lowest BCUT2D eigenvalue weighted by atomic mass is 10.1. The van der Waals surface area contributed by atoms with Crippen molar-refractivity contribution in [1.82, 2.24) is 0 Å². The van der Waals surface area contributed by atoms with Gasteiger partial charge in [-0.3, -0.25) is 4.79 Å². The summed E-state index contributed by atoms with van der Waals surface area (Å²) in [4.78, 5) is 11.7.